The Bertz CT molecular complexity index is 8130. The second-order valence-corrected chi connectivity index (χ2v) is 32.4. The molecule has 0 atom stereocenters. The predicted octanol–water partition coefficient (Wildman–Crippen LogP) is 29.7. The largest absolute Gasteiger partial charge is 0.264 e. The standard InChI is InChI=1S/C46H30N4.C40H26N4.C34H22N4/c1-3-9-32(10-4-1)40-21-24-49-45-41(40)19-20-42-43(28-44(50-46(42)45)34-11-5-2-6-12-34)33-17-15-31(16-18-33)37-25-38(35-13-7-22-47-29-35)27-39(26-37)36-14-8-23-48-30-36;1-2-7-29(8-3-1)38-24-37(36-17-16-30-9-6-20-43-39(30)40(36)44-38)28-14-12-27(13-15-28)33-21-34(31-10-4-18-41-25-31)23-35(22-33)32-11-5-19-42-26-32;1-5-26(21-35-14-1)29-18-28(19-30(20-29)27-6-2-15-36-22-27)23-7-9-24(10-8-23)31-13-17-38-34-32(31)12-11-25-4-3-16-37-33(25)34/h1-30H;1-26H;1-22H. The van der Waals surface area contributed by atoms with E-state index < -0.39 is 0 Å². The quantitative estimate of drug-likeness (QED) is 0.0897. The Kier molecular flexibility index (Phi) is 21.9. The van der Waals surface area contributed by atoms with Crippen molar-refractivity contribution in [3.63, 3.8) is 0 Å². The molecule has 12 heteroatoms. The lowest BCUT2D eigenvalue weighted by molar-refractivity contribution is 1.32. The van der Waals surface area contributed by atoms with Gasteiger partial charge in [0.2, 0.25) is 0 Å². The van der Waals surface area contributed by atoms with Gasteiger partial charge in [0.05, 0.1) is 44.5 Å². The number of rotatable bonds is 15. The van der Waals surface area contributed by atoms with Gasteiger partial charge >= 0.3 is 0 Å². The maximum atomic E-state index is 5.26. The molecular weight excluding hydrogens is 1610 g/mol. The van der Waals surface area contributed by atoms with E-state index in [1.54, 1.807) is 37.2 Å². The Morgan fingerprint density at radius 2 is 0.364 bits per heavy atom. The van der Waals surface area contributed by atoms with Crippen LogP contribution in [0.4, 0.5) is 0 Å². The highest BCUT2D eigenvalue weighted by molar-refractivity contribution is 6.14. The molecule has 0 N–H and O–H groups in total. The zero-order chi connectivity index (χ0) is 87.9. The van der Waals surface area contributed by atoms with Crippen molar-refractivity contribution in [3.8, 4) is 167 Å². The van der Waals surface area contributed by atoms with Gasteiger partial charge in [-0.05, 0) is 239 Å². The van der Waals surface area contributed by atoms with Gasteiger partial charge < -0.3 is 0 Å². The van der Waals surface area contributed by atoms with Gasteiger partial charge in [-0.3, -0.25) is 49.8 Å². The van der Waals surface area contributed by atoms with Crippen LogP contribution in [0.15, 0.2) is 475 Å². The second-order valence-electron chi connectivity index (χ2n) is 32.4. The molecule has 12 aromatic carbocycles. The first-order valence-corrected chi connectivity index (χ1v) is 43.8. The third kappa shape index (κ3) is 16.5. The zero-order valence-corrected chi connectivity index (χ0v) is 71.4. The lowest BCUT2D eigenvalue weighted by atomic mass is 9.92. The van der Waals surface area contributed by atoms with E-state index in [-0.39, 0.29) is 0 Å². The van der Waals surface area contributed by atoms with Crippen molar-refractivity contribution in [2.75, 3.05) is 0 Å². The topological polar surface area (TPSA) is 155 Å². The zero-order valence-electron chi connectivity index (χ0n) is 71.4. The lowest BCUT2D eigenvalue weighted by Crippen LogP contribution is -1.94. The molecule has 24 aromatic rings. The van der Waals surface area contributed by atoms with Crippen molar-refractivity contribution >= 4 is 65.4 Å². The summed E-state index contributed by atoms with van der Waals surface area (Å²) in [5.41, 5.74) is 38.6. The first-order valence-electron chi connectivity index (χ1n) is 43.8. The summed E-state index contributed by atoms with van der Waals surface area (Å²) in [5, 5.41) is 6.52. The summed E-state index contributed by atoms with van der Waals surface area (Å²) in [6, 6.07) is 132. The van der Waals surface area contributed by atoms with Gasteiger partial charge in [0.25, 0.3) is 0 Å². The van der Waals surface area contributed by atoms with Crippen molar-refractivity contribution in [1.29, 1.82) is 0 Å². The fraction of sp³-hybridized carbons (Fsp3) is 0. The average Bonchev–Trinajstić information content (AvgIpc) is 0.723. The molecule has 0 bridgehead atoms. The van der Waals surface area contributed by atoms with Gasteiger partial charge in [-0.2, -0.15) is 0 Å². The van der Waals surface area contributed by atoms with Gasteiger partial charge in [0, 0.05) is 176 Å². The molecule has 0 amide bonds. The van der Waals surface area contributed by atoms with Gasteiger partial charge in [0.1, 0.15) is 0 Å². The molecule has 12 nitrogen and oxygen atoms in total. The first kappa shape index (κ1) is 79.9. The smallest absolute Gasteiger partial charge is 0.0978 e. The van der Waals surface area contributed by atoms with Crippen LogP contribution < -0.4 is 0 Å². The van der Waals surface area contributed by atoms with Crippen LogP contribution in [0.2, 0.25) is 0 Å². The number of fused-ring (bicyclic) bond motifs is 9. The van der Waals surface area contributed by atoms with Crippen molar-refractivity contribution in [2.24, 2.45) is 0 Å². The SMILES string of the molecule is c1ccc(-c2cc(-c3ccc(-c4cc(-c5cccnc5)cc(-c5cccnc5)c4)cc3)c3ccc4c(-c5ccccc5)ccnc4c3n2)cc1.c1ccc(-c2cc(-c3ccc(-c4cc(-c5cccnc5)cc(-c5cccnc5)c4)cc3)c3ccc4cccnc4c3n2)cc1.c1cncc(-c2cc(-c3ccc(-c4ccnc5c4ccc4cccnc45)cc3)cc(-c3cccnc3)c2)c1. The van der Waals surface area contributed by atoms with E-state index in [0.717, 1.165) is 233 Å². The molecule has 0 aliphatic heterocycles. The Morgan fingerprint density at radius 1 is 0.129 bits per heavy atom. The van der Waals surface area contributed by atoms with Crippen molar-refractivity contribution in [3.05, 3.63) is 475 Å². The summed E-state index contributed by atoms with van der Waals surface area (Å²) in [6.07, 6.45) is 29.7. The molecule has 0 spiro atoms. The van der Waals surface area contributed by atoms with Crippen LogP contribution in [0.25, 0.3) is 233 Å². The molecule has 0 fully saturated rings. The molecule has 0 aliphatic rings. The maximum Gasteiger partial charge on any atom is 0.0978 e. The Hall–Kier alpha value is -18.0. The summed E-state index contributed by atoms with van der Waals surface area (Å²) >= 11 is 0. The number of benzene rings is 12. The molecule has 12 heterocycles. The van der Waals surface area contributed by atoms with E-state index in [1.165, 1.54) is 0 Å². The number of hydrogen-bond acceptors (Lipinski definition) is 12. The summed E-state index contributed by atoms with van der Waals surface area (Å²) in [5.74, 6) is 0. The highest BCUT2D eigenvalue weighted by Gasteiger charge is 2.21. The molecule has 0 radical (unpaired) electrons. The minimum Gasteiger partial charge on any atom is -0.264 e. The molecule has 132 heavy (non-hydrogen) atoms. The van der Waals surface area contributed by atoms with Crippen molar-refractivity contribution in [2.45, 2.75) is 0 Å². The third-order valence-electron chi connectivity index (χ3n) is 24.3. The van der Waals surface area contributed by atoms with E-state index >= 15 is 0 Å². The van der Waals surface area contributed by atoms with E-state index in [1.807, 2.05) is 129 Å². The molecule has 24 rings (SSSR count). The predicted molar refractivity (Wildman–Crippen MR) is 539 cm³/mol. The summed E-state index contributed by atoms with van der Waals surface area (Å²) in [7, 11) is 0. The van der Waals surface area contributed by atoms with Gasteiger partial charge in [-0.15, -0.1) is 0 Å². The normalized spacial score (nSPS) is 11.2. The minimum atomic E-state index is 0.894. The van der Waals surface area contributed by atoms with Crippen molar-refractivity contribution < 1.29 is 0 Å². The van der Waals surface area contributed by atoms with Gasteiger partial charge in [0.15, 0.2) is 0 Å². The Morgan fingerprint density at radius 3 is 0.682 bits per heavy atom. The van der Waals surface area contributed by atoms with Crippen LogP contribution in [0.3, 0.4) is 0 Å². The van der Waals surface area contributed by atoms with Crippen LogP contribution >= 0.6 is 0 Å². The van der Waals surface area contributed by atoms with Crippen LogP contribution in [-0.4, -0.2) is 59.8 Å². The molecule has 0 saturated heterocycles. The fourth-order valence-corrected chi connectivity index (χ4v) is 17.7. The Balaban J connectivity index is 0.000000117. The Labute approximate surface area is 762 Å². The summed E-state index contributed by atoms with van der Waals surface area (Å²) in [6.45, 7) is 0. The van der Waals surface area contributed by atoms with Crippen molar-refractivity contribution in [1.82, 2.24) is 59.8 Å². The summed E-state index contributed by atoms with van der Waals surface area (Å²) < 4.78 is 0. The molecule has 0 saturated carbocycles. The van der Waals surface area contributed by atoms with Gasteiger partial charge in [-0.25, -0.2) is 9.97 Å². The second kappa shape index (κ2) is 36.2. The third-order valence-corrected chi connectivity index (χ3v) is 24.3. The monoisotopic (exact) mass is 1690 g/mol. The van der Waals surface area contributed by atoms with Crippen LogP contribution in [-0.2, 0) is 0 Å². The van der Waals surface area contributed by atoms with Crippen LogP contribution in [0.1, 0.15) is 0 Å². The summed E-state index contributed by atoms with van der Waals surface area (Å²) in [4.78, 5) is 55.4. The molecule has 12 aromatic heterocycles. The van der Waals surface area contributed by atoms with E-state index in [4.69, 9.17) is 19.9 Å². The molecule has 0 unspecified atom stereocenters. The highest BCUT2D eigenvalue weighted by atomic mass is 14.8. The average molecular weight is 1690 g/mol. The van der Waals surface area contributed by atoms with E-state index in [9.17, 15) is 0 Å². The number of pyridine rings is 12. The number of nitrogens with zero attached hydrogens (tertiary/aromatic N) is 12. The number of hydrogen-bond donors (Lipinski definition) is 0. The molecular formula is C120H78N12. The maximum absolute atomic E-state index is 5.26. The van der Waals surface area contributed by atoms with Gasteiger partial charge in [-0.1, -0.05) is 249 Å². The molecule has 618 valence electrons. The molecule has 0 aliphatic carbocycles. The fourth-order valence-electron chi connectivity index (χ4n) is 17.7. The number of aromatic nitrogens is 12. The van der Waals surface area contributed by atoms with Crippen LogP contribution in [0.5, 0.6) is 0 Å². The minimum absolute atomic E-state index is 0.894. The first-order chi connectivity index (χ1) is 65.4. The van der Waals surface area contributed by atoms with E-state index in [2.05, 4.69) is 349 Å². The highest BCUT2D eigenvalue weighted by Crippen LogP contribution is 2.44. The van der Waals surface area contributed by atoms with Crippen LogP contribution in [0, 0.1) is 0 Å². The van der Waals surface area contributed by atoms with E-state index in [0.29, 0.717) is 0 Å². The lowest BCUT2D eigenvalue weighted by Gasteiger charge is -2.14.